The highest BCUT2D eigenvalue weighted by molar-refractivity contribution is 8.00. The van der Waals surface area contributed by atoms with Crippen molar-refractivity contribution in [3.05, 3.63) is 107 Å². The predicted octanol–water partition coefficient (Wildman–Crippen LogP) is 6.26. The van der Waals surface area contributed by atoms with E-state index in [2.05, 4.69) is 31.2 Å². The van der Waals surface area contributed by atoms with Crippen molar-refractivity contribution in [1.82, 2.24) is 0 Å². The van der Waals surface area contributed by atoms with Crippen LogP contribution in [0.5, 0.6) is 0 Å². The molecule has 0 atom stereocenters. The van der Waals surface area contributed by atoms with Crippen molar-refractivity contribution in [2.24, 2.45) is 0 Å². The summed E-state index contributed by atoms with van der Waals surface area (Å²) >= 11 is 1.80. The van der Waals surface area contributed by atoms with Crippen LogP contribution in [0.25, 0.3) is 0 Å². The molecule has 0 aliphatic carbocycles. The maximum absolute atomic E-state index is 14.9. The number of hydrogen-bond acceptors (Lipinski definition) is 1. The highest BCUT2D eigenvalue weighted by Crippen LogP contribution is 2.49. The van der Waals surface area contributed by atoms with Crippen molar-refractivity contribution in [1.29, 1.82) is 0 Å². The molecule has 0 amide bonds. The molecule has 24 heavy (non-hydrogen) atoms. The monoisotopic (exact) mass is 336 g/mol. The molecule has 0 radical (unpaired) electrons. The lowest BCUT2D eigenvalue weighted by atomic mass is 9.83. The molecule has 0 fully saturated rings. The van der Waals surface area contributed by atoms with Gasteiger partial charge in [-0.1, -0.05) is 85.8 Å². The van der Waals surface area contributed by atoms with Crippen LogP contribution in [0.1, 0.15) is 30.0 Å². The van der Waals surface area contributed by atoms with Crippen LogP contribution >= 0.6 is 11.8 Å². The molecule has 3 aromatic rings. The summed E-state index contributed by atoms with van der Waals surface area (Å²) in [7, 11) is 0. The standard InChI is InChI=1S/C22H21FS/c1-2-17-24-22(18-11-5-3-6-12-18,19-13-7-4-8-14-19)20-15-9-10-16-21(20)23/h3-16H,2,17H2,1H3. The number of rotatable bonds is 6. The highest BCUT2D eigenvalue weighted by Gasteiger charge is 2.38. The third-order valence-electron chi connectivity index (χ3n) is 4.14. The Morgan fingerprint density at radius 1 is 0.750 bits per heavy atom. The van der Waals surface area contributed by atoms with Gasteiger partial charge in [-0.2, -0.15) is 0 Å². The molecule has 0 aliphatic heterocycles. The molecule has 3 rings (SSSR count). The summed E-state index contributed by atoms with van der Waals surface area (Å²) in [6.45, 7) is 2.16. The average Bonchev–Trinajstić information content (AvgIpc) is 2.65. The van der Waals surface area contributed by atoms with E-state index in [1.807, 2.05) is 48.5 Å². The van der Waals surface area contributed by atoms with E-state index in [9.17, 15) is 4.39 Å². The maximum atomic E-state index is 14.9. The normalized spacial score (nSPS) is 11.4. The molecule has 0 saturated carbocycles. The summed E-state index contributed by atoms with van der Waals surface area (Å²) in [6, 6.07) is 27.7. The summed E-state index contributed by atoms with van der Waals surface area (Å²) in [5, 5.41) is 0. The van der Waals surface area contributed by atoms with Crippen molar-refractivity contribution in [3.8, 4) is 0 Å². The highest BCUT2D eigenvalue weighted by atomic mass is 32.2. The quantitative estimate of drug-likeness (QED) is 0.479. The summed E-state index contributed by atoms with van der Waals surface area (Å²) in [5.41, 5.74) is 2.94. The first-order valence-corrected chi connectivity index (χ1v) is 9.27. The summed E-state index contributed by atoms with van der Waals surface area (Å²) in [6.07, 6.45) is 1.04. The zero-order valence-corrected chi connectivity index (χ0v) is 14.6. The van der Waals surface area contributed by atoms with Gasteiger partial charge in [0.15, 0.2) is 0 Å². The van der Waals surface area contributed by atoms with Gasteiger partial charge in [-0.25, -0.2) is 4.39 Å². The third-order valence-corrected chi connectivity index (χ3v) is 5.87. The summed E-state index contributed by atoms with van der Waals surface area (Å²) in [4.78, 5) is 0. The van der Waals surface area contributed by atoms with Gasteiger partial charge in [0, 0.05) is 5.56 Å². The average molecular weight is 336 g/mol. The van der Waals surface area contributed by atoms with E-state index in [1.165, 1.54) is 0 Å². The van der Waals surface area contributed by atoms with Crippen molar-refractivity contribution >= 4 is 11.8 Å². The van der Waals surface area contributed by atoms with Gasteiger partial charge in [-0.05, 0) is 29.4 Å². The molecule has 0 N–H and O–H groups in total. The SMILES string of the molecule is CCCSC(c1ccccc1)(c1ccccc1)c1ccccc1F. The Morgan fingerprint density at radius 3 is 1.75 bits per heavy atom. The van der Waals surface area contributed by atoms with E-state index in [0.717, 1.165) is 28.9 Å². The summed E-state index contributed by atoms with van der Waals surface area (Å²) in [5.74, 6) is 0.798. The van der Waals surface area contributed by atoms with Crippen LogP contribution in [0.3, 0.4) is 0 Å². The van der Waals surface area contributed by atoms with Crippen LogP contribution in [-0.2, 0) is 4.75 Å². The van der Waals surface area contributed by atoms with Crippen LogP contribution in [0, 0.1) is 5.82 Å². The fourth-order valence-corrected chi connectivity index (χ4v) is 4.51. The second kappa shape index (κ2) is 7.67. The van der Waals surface area contributed by atoms with Crippen LogP contribution in [0.15, 0.2) is 84.9 Å². The van der Waals surface area contributed by atoms with E-state index in [4.69, 9.17) is 0 Å². The van der Waals surface area contributed by atoms with E-state index in [1.54, 1.807) is 23.9 Å². The number of hydrogen-bond donors (Lipinski definition) is 0. The molecule has 3 aromatic carbocycles. The fourth-order valence-electron chi connectivity index (χ4n) is 3.07. The van der Waals surface area contributed by atoms with Crippen molar-refractivity contribution < 1.29 is 4.39 Å². The molecular weight excluding hydrogens is 315 g/mol. The van der Waals surface area contributed by atoms with E-state index >= 15 is 0 Å². The Labute approximate surface area is 147 Å². The minimum atomic E-state index is -0.538. The molecule has 0 aromatic heterocycles. The van der Waals surface area contributed by atoms with Gasteiger partial charge in [0.25, 0.3) is 0 Å². The molecule has 0 aliphatic rings. The predicted molar refractivity (Wildman–Crippen MR) is 102 cm³/mol. The van der Waals surface area contributed by atoms with E-state index < -0.39 is 4.75 Å². The second-order valence-electron chi connectivity index (χ2n) is 5.74. The van der Waals surface area contributed by atoms with Gasteiger partial charge in [0.1, 0.15) is 5.82 Å². The minimum Gasteiger partial charge on any atom is -0.207 e. The molecule has 0 heterocycles. The van der Waals surface area contributed by atoms with Gasteiger partial charge in [-0.15, -0.1) is 11.8 Å². The molecule has 0 unspecified atom stereocenters. The smallest absolute Gasteiger partial charge is 0.128 e. The van der Waals surface area contributed by atoms with Crippen molar-refractivity contribution in [2.45, 2.75) is 18.1 Å². The van der Waals surface area contributed by atoms with Crippen LogP contribution in [0.2, 0.25) is 0 Å². The lowest BCUT2D eigenvalue weighted by Crippen LogP contribution is -2.27. The Morgan fingerprint density at radius 2 is 1.25 bits per heavy atom. The zero-order chi connectivity index (χ0) is 16.8. The van der Waals surface area contributed by atoms with Crippen LogP contribution in [0.4, 0.5) is 4.39 Å². The third kappa shape index (κ3) is 3.11. The van der Waals surface area contributed by atoms with E-state index in [-0.39, 0.29) is 5.82 Å². The molecule has 0 spiro atoms. The zero-order valence-electron chi connectivity index (χ0n) is 13.8. The fraction of sp³-hybridized carbons (Fsp3) is 0.182. The molecule has 0 saturated heterocycles. The number of benzene rings is 3. The number of thioether (sulfide) groups is 1. The van der Waals surface area contributed by atoms with Crippen LogP contribution < -0.4 is 0 Å². The topological polar surface area (TPSA) is 0 Å². The maximum Gasteiger partial charge on any atom is 0.128 e. The lowest BCUT2D eigenvalue weighted by Gasteiger charge is -2.35. The Kier molecular flexibility index (Phi) is 5.37. The minimum absolute atomic E-state index is 0.159. The molecule has 2 heteroatoms. The van der Waals surface area contributed by atoms with Crippen molar-refractivity contribution in [3.63, 3.8) is 0 Å². The molecule has 0 nitrogen and oxygen atoms in total. The van der Waals surface area contributed by atoms with Gasteiger partial charge >= 0.3 is 0 Å². The van der Waals surface area contributed by atoms with Gasteiger partial charge in [0.05, 0.1) is 4.75 Å². The van der Waals surface area contributed by atoms with Crippen LogP contribution in [-0.4, -0.2) is 5.75 Å². The Bertz CT molecular complexity index is 729. The van der Waals surface area contributed by atoms with E-state index in [0.29, 0.717) is 0 Å². The van der Waals surface area contributed by atoms with Gasteiger partial charge in [-0.3, -0.25) is 0 Å². The largest absolute Gasteiger partial charge is 0.207 e. The van der Waals surface area contributed by atoms with Crippen molar-refractivity contribution in [2.75, 3.05) is 5.75 Å². The number of halogens is 1. The summed E-state index contributed by atoms with van der Waals surface area (Å²) < 4.78 is 14.3. The Hall–Kier alpha value is -2.06. The molecular formula is C22H21FS. The second-order valence-corrected chi connectivity index (χ2v) is 7.05. The first kappa shape index (κ1) is 16.8. The molecule has 122 valence electrons. The molecule has 0 bridgehead atoms. The lowest BCUT2D eigenvalue weighted by molar-refractivity contribution is 0.600. The first-order valence-electron chi connectivity index (χ1n) is 8.29. The Balaban J connectivity index is 2.31. The first-order chi connectivity index (χ1) is 11.8. The van der Waals surface area contributed by atoms with Gasteiger partial charge < -0.3 is 0 Å². The van der Waals surface area contributed by atoms with Gasteiger partial charge in [0.2, 0.25) is 0 Å².